The highest BCUT2D eigenvalue weighted by atomic mass is 16.8. The average molecular weight is 1350 g/mol. The van der Waals surface area contributed by atoms with Gasteiger partial charge in [-0.25, -0.2) is 0 Å². The predicted molar refractivity (Wildman–Crippen MR) is 360 cm³/mol. The van der Waals surface area contributed by atoms with Gasteiger partial charge in [-0.3, -0.25) is 4.79 Å². The van der Waals surface area contributed by atoms with Gasteiger partial charge in [-0.2, -0.15) is 0 Å². The van der Waals surface area contributed by atoms with Crippen LogP contribution in [0, 0.1) is 0 Å². The molecule has 7 aromatic carbocycles. The van der Waals surface area contributed by atoms with Gasteiger partial charge in [0.2, 0.25) is 5.91 Å². The fraction of sp³-hybridized carbons (Fsp3) is 0.423. The van der Waals surface area contributed by atoms with Crippen molar-refractivity contribution in [1.82, 2.24) is 5.32 Å². The molecule has 0 saturated carbocycles. The molecule has 0 aliphatic carbocycles. The number of hydrogen-bond donors (Lipinski definition) is 4. The van der Waals surface area contributed by atoms with Crippen LogP contribution in [0.5, 0.6) is 0 Å². The minimum atomic E-state index is -1.74. The van der Waals surface area contributed by atoms with Crippen molar-refractivity contribution in [2.45, 2.75) is 190 Å². The van der Waals surface area contributed by atoms with Gasteiger partial charge in [-0.15, -0.1) is 6.58 Å². The van der Waals surface area contributed by atoms with E-state index in [0.29, 0.717) is 0 Å². The lowest BCUT2D eigenvalue weighted by Crippen LogP contribution is -2.70. The van der Waals surface area contributed by atoms with E-state index >= 15 is 0 Å². The third-order valence-corrected chi connectivity index (χ3v) is 17.7. The van der Waals surface area contributed by atoms with E-state index in [-0.39, 0.29) is 59.5 Å². The summed E-state index contributed by atoms with van der Waals surface area (Å²) in [5.74, 6) is -0.588. The maximum absolute atomic E-state index is 13.3. The molecule has 0 radical (unpaired) electrons. The summed E-state index contributed by atoms with van der Waals surface area (Å²) < 4.78 is 106. The zero-order valence-corrected chi connectivity index (χ0v) is 55.5. The van der Waals surface area contributed by atoms with Gasteiger partial charge in [0.25, 0.3) is 0 Å². The van der Waals surface area contributed by atoms with Crippen LogP contribution < -0.4 is 5.32 Å². The van der Waals surface area contributed by atoms with Gasteiger partial charge < -0.3 is 91.7 Å². The van der Waals surface area contributed by atoms with Crippen LogP contribution in [0.25, 0.3) is 0 Å². The van der Waals surface area contributed by atoms with E-state index in [0.717, 1.165) is 38.9 Å². The van der Waals surface area contributed by atoms with E-state index < -0.39 is 135 Å². The van der Waals surface area contributed by atoms with Crippen molar-refractivity contribution in [2.75, 3.05) is 19.8 Å². The highest BCUT2D eigenvalue weighted by molar-refractivity contribution is 5.73. The zero-order valence-electron chi connectivity index (χ0n) is 55.5. The maximum Gasteiger partial charge on any atom is 0.217 e. The fourth-order valence-electron chi connectivity index (χ4n) is 12.7. The van der Waals surface area contributed by atoms with Gasteiger partial charge >= 0.3 is 0 Å². The molecule has 1 amide bonds. The number of nitrogens with one attached hydrogen (secondary N) is 1. The monoisotopic (exact) mass is 1350 g/mol. The minimum absolute atomic E-state index is 0.0181. The molecule has 4 fully saturated rings. The lowest BCUT2D eigenvalue weighted by Gasteiger charge is -2.52. The van der Waals surface area contributed by atoms with Gasteiger partial charge in [0.05, 0.1) is 78.3 Å². The first-order chi connectivity index (χ1) is 48.0. The first kappa shape index (κ1) is 72.3. The fourth-order valence-corrected chi connectivity index (χ4v) is 12.7. The SMILES string of the molecule is C=CCO[C@@H]1O[C@@H](C)[C@H](OCc2ccccc2)[C@@H](OCc2ccccc2)[C@H]1O[C@@H]1O[C@@H](C)[C@H](OCc2ccccc2)[C@@H](O[C@@H]2O[C@H](COCc3ccccc3)[C@@H](OCc3ccccc3)[C@H](OCc3ccccc3)[C@H]2OCc2ccccc2)[C@H]1O[C@@H]1O[C@H](CO)[C@@H](O)[C@H](O)[C@H]1NC(C)=O. The Morgan fingerprint density at radius 2 is 0.735 bits per heavy atom. The predicted octanol–water partition coefficient (Wildman–Crippen LogP) is 9.23. The first-order valence-electron chi connectivity index (χ1n) is 33.6. The molecule has 0 unspecified atom stereocenters. The Kier molecular flexibility index (Phi) is 27.2. The average Bonchev–Trinajstić information content (AvgIpc) is 0.765. The number of benzene rings is 7. The smallest absolute Gasteiger partial charge is 0.217 e. The van der Waals surface area contributed by atoms with E-state index in [9.17, 15) is 20.1 Å². The molecule has 522 valence electrons. The van der Waals surface area contributed by atoms with Gasteiger partial charge in [0.1, 0.15) is 85.4 Å². The van der Waals surface area contributed by atoms with Crippen molar-refractivity contribution >= 4 is 5.91 Å². The molecule has 4 N–H and O–H groups in total. The Hall–Kier alpha value is -6.97. The molecule has 20 heteroatoms. The van der Waals surface area contributed by atoms with Crippen LogP contribution in [0.15, 0.2) is 225 Å². The number of ether oxygens (including phenoxy) is 15. The number of aliphatic hydroxyl groups is 3. The summed E-state index contributed by atoms with van der Waals surface area (Å²) in [6, 6.07) is 66.7. The second-order valence-corrected chi connectivity index (χ2v) is 24.9. The normalized spacial score (nSPS) is 30.3. The Balaban J connectivity index is 1.06. The summed E-state index contributed by atoms with van der Waals surface area (Å²) in [4.78, 5) is 13.3. The van der Waals surface area contributed by atoms with Crippen LogP contribution in [0.2, 0.25) is 0 Å². The van der Waals surface area contributed by atoms with Crippen molar-refractivity contribution in [2.24, 2.45) is 0 Å². The number of carbonyl (C=O) groups excluding carboxylic acids is 1. The Morgan fingerprint density at radius 3 is 1.16 bits per heavy atom. The van der Waals surface area contributed by atoms with Gasteiger partial charge in [0, 0.05) is 6.92 Å². The molecule has 4 aliphatic heterocycles. The molecule has 0 bridgehead atoms. The van der Waals surface area contributed by atoms with Crippen LogP contribution in [0.3, 0.4) is 0 Å². The van der Waals surface area contributed by atoms with Crippen LogP contribution >= 0.6 is 0 Å². The number of rotatable bonds is 33. The van der Waals surface area contributed by atoms with Crippen molar-refractivity contribution in [3.63, 3.8) is 0 Å². The van der Waals surface area contributed by atoms with Crippen LogP contribution in [-0.2, 0) is 122 Å². The summed E-state index contributed by atoms with van der Waals surface area (Å²) in [5.41, 5.74) is 6.13. The number of aliphatic hydroxyl groups excluding tert-OH is 3. The van der Waals surface area contributed by atoms with E-state index in [1.807, 2.05) is 226 Å². The molecule has 7 aromatic rings. The lowest BCUT2D eigenvalue weighted by molar-refractivity contribution is -0.409. The van der Waals surface area contributed by atoms with Crippen LogP contribution in [0.4, 0.5) is 0 Å². The summed E-state index contributed by atoms with van der Waals surface area (Å²) in [6.45, 7) is 9.09. The highest BCUT2D eigenvalue weighted by Crippen LogP contribution is 2.41. The van der Waals surface area contributed by atoms with Gasteiger partial charge in [0.15, 0.2) is 25.2 Å². The van der Waals surface area contributed by atoms with Crippen LogP contribution in [0.1, 0.15) is 59.7 Å². The van der Waals surface area contributed by atoms with Gasteiger partial charge in [-0.1, -0.05) is 218 Å². The molecule has 20 atom stereocenters. The molecular formula is C78H91NO19. The molecule has 0 spiro atoms. The summed E-state index contributed by atoms with van der Waals surface area (Å²) in [7, 11) is 0. The molecule has 4 saturated heterocycles. The van der Waals surface area contributed by atoms with E-state index in [1.54, 1.807) is 6.08 Å². The topological polar surface area (TPSA) is 228 Å². The zero-order chi connectivity index (χ0) is 68.0. The lowest BCUT2D eigenvalue weighted by atomic mass is 9.94. The summed E-state index contributed by atoms with van der Waals surface area (Å²) in [5, 5.41) is 37.0. The molecule has 98 heavy (non-hydrogen) atoms. The maximum atomic E-state index is 13.3. The number of carbonyl (C=O) groups is 1. The third kappa shape index (κ3) is 19.7. The van der Waals surface area contributed by atoms with Crippen molar-refractivity contribution < 1.29 is 91.2 Å². The molecule has 11 rings (SSSR count). The van der Waals surface area contributed by atoms with Crippen LogP contribution in [-0.4, -0.2) is 164 Å². The highest BCUT2D eigenvalue weighted by Gasteiger charge is 2.58. The molecule has 4 heterocycles. The van der Waals surface area contributed by atoms with E-state index in [2.05, 4.69) is 11.9 Å². The summed E-state index contributed by atoms with van der Waals surface area (Å²) in [6.07, 6.45) is -21.6. The Morgan fingerprint density at radius 1 is 0.398 bits per heavy atom. The van der Waals surface area contributed by atoms with E-state index in [4.69, 9.17) is 71.1 Å². The Bertz CT molecular complexity index is 3410. The number of amides is 1. The van der Waals surface area contributed by atoms with Crippen molar-refractivity contribution in [3.05, 3.63) is 264 Å². The third-order valence-electron chi connectivity index (χ3n) is 17.7. The second-order valence-electron chi connectivity index (χ2n) is 24.9. The van der Waals surface area contributed by atoms with Crippen molar-refractivity contribution in [1.29, 1.82) is 0 Å². The van der Waals surface area contributed by atoms with Gasteiger partial charge in [-0.05, 0) is 52.8 Å². The quantitative estimate of drug-likeness (QED) is 0.0281. The van der Waals surface area contributed by atoms with Crippen molar-refractivity contribution in [3.8, 4) is 0 Å². The Labute approximate surface area is 573 Å². The first-order valence-corrected chi connectivity index (χ1v) is 33.6. The largest absolute Gasteiger partial charge is 0.394 e. The minimum Gasteiger partial charge on any atom is -0.394 e. The van der Waals surface area contributed by atoms with E-state index in [1.165, 1.54) is 6.92 Å². The molecule has 20 nitrogen and oxygen atoms in total. The second kappa shape index (κ2) is 36.9. The number of hydrogen-bond acceptors (Lipinski definition) is 19. The molecule has 4 aliphatic rings. The molecular weight excluding hydrogens is 1250 g/mol. The standard InChI is InChI=1S/C78H91NO19/c1-5-41-85-76-73(69(89-47-58-35-21-10-22-36-58)66(51(2)92-76)86-44-55-29-15-7-16-30-55)98-78-74(97-75-63(79-53(4)81)65(83)64(82)61(42-80)94-75)71(67(52(3)93-78)87-45-56-31-17-8-18-32-56)96-77-72(91-49-60-39-25-12-26-40-60)70(90-48-59-37-23-11-24-38-59)68(88-46-57-33-19-9-20-34-57)62(95-77)50-84-43-54-27-13-6-14-28-54/h5-40,51-52,61-78,80,82-83H,1,41-50H2,2-4H3,(H,79,81)/t51-,52-,61+,62+,63+,64+,65+,66-,67-,68+,69+,70-,71+,72+,73+,74+,75-,76+,77-,78-/m0/s1. The molecule has 0 aromatic heterocycles. The summed E-state index contributed by atoms with van der Waals surface area (Å²) >= 11 is 0.